The fraction of sp³-hybridized carbons (Fsp3) is 0.556. The molecule has 0 amide bonds. The lowest BCUT2D eigenvalue weighted by molar-refractivity contribution is -0.613. The SMILES string of the molecule is Cc1cnc(C(C)(C)C)c[n+]1[O-]. The minimum absolute atomic E-state index is 0.0557. The second-order valence-corrected chi connectivity index (χ2v) is 3.99. The Balaban J connectivity index is 3.14. The van der Waals surface area contributed by atoms with Gasteiger partial charge in [-0.2, -0.15) is 4.73 Å². The molecule has 12 heavy (non-hydrogen) atoms. The van der Waals surface area contributed by atoms with Crippen molar-refractivity contribution in [1.82, 2.24) is 4.98 Å². The lowest BCUT2D eigenvalue weighted by Crippen LogP contribution is -2.33. The predicted octanol–water partition coefficient (Wildman–Crippen LogP) is 1.32. The first-order valence-electron chi connectivity index (χ1n) is 3.97. The van der Waals surface area contributed by atoms with Crippen molar-refractivity contribution in [2.24, 2.45) is 0 Å². The zero-order chi connectivity index (χ0) is 9.35. The Hall–Kier alpha value is -1.12. The van der Waals surface area contributed by atoms with Crippen LogP contribution < -0.4 is 4.73 Å². The first-order valence-corrected chi connectivity index (χ1v) is 3.97. The van der Waals surface area contributed by atoms with Crippen LogP contribution in [0, 0.1) is 12.1 Å². The van der Waals surface area contributed by atoms with Gasteiger partial charge < -0.3 is 5.21 Å². The Kier molecular flexibility index (Phi) is 2.04. The molecule has 1 rings (SSSR count). The van der Waals surface area contributed by atoms with Gasteiger partial charge in [-0.05, 0) is 0 Å². The van der Waals surface area contributed by atoms with Crippen molar-refractivity contribution >= 4 is 0 Å². The number of nitrogens with zero attached hydrogens (tertiary/aromatic N) is 2. The van der Waals surface area contributed by atoms with Crippen LogP contribution in [0.5, 0.6) is 0 Å². The van der Waals surface area contributed by atoms with Crippen LogP contribution in [0.1, 0.15) is 32.2 Å². The molecular weight excluding hydrogens is 152 g/mol. The minimum atomic E-state index is -0.0557. The van der Waals surface area contributed by atoms with Crippen LogP contribution in [0.3, 0.4) is 0 Å². The number of aromatic nitrogens is 2. The highest BCUT2D eigenvalue weighted by atomic mass is 16.5. The van der Waals surface area contributed by atoms with E-state index in [0.29, 0.717) is 5.69 Å². The fourth-order valence-electron chi connectivity index (χ4n) is 0.853. The largest absolute Gasteiger partial charge is 0.618 e. The molecule has 0 aliphatic rings. The van der Waals surface area contributed by atoms with E-state index in [-0.39, 0.29) is 5.41 Å². The second-order valence-electron chi connectivity index (χ2n) is 3.99. The smallest absolute Gasteiger partial charge is 0.207 e. The topological polar surface area (TPSA) is 39.8 Å². The van der Waals surface area contributed by atoms with Crippen LogP contribution >= 0.6 is 0 Å². The Labute approximate surface area is 72.7 Å². The van der Waals surface area contributed by atoms with Gasteiger partial charge in [0, 0.05) is 12.3 Å². The van der Waals surface area contributed by atoms with Crippen LogP contribution in [0.25, 0.3) is 0 Å². The molecule has 0 saturated carbocycles. The first kappa shape index (κ1) is 8.97. The van der Waals surface area contributed by atoms with Crippen LogP contribution in [-0.4, -0.2) is 4.98 Å². The third-order valence-corrected chi connectivity index (χ3v) is 1.75. The number of hydrogen-bond donors (Lipinski definition) is 0. The maximum atomic E-state index is 11.2. The summed E-state index contributed by atoms with van der Waals surface area (Å²) in [5, 5.41) is 11.2. The molecule has 1 aromatic rings. The van der Waals surface area contributed by atoms with Crippen LogP contribution in [0.2, 0.25) is 0 Å². The Morgan fingerprint density at radius 1 is 1.42 bits per heavy atom. The summed E-state index contributed by atoms with van der Waals surface area (Å²) in [4.78, 5) is 4.19. The highest BCUT2D eigenvalue weighted by Gasteiger charge is 2.18. The van der Waals surface area contributed by atoms with Gasteiger partial charge in [-0.1, -0.05) is 20.8 Å². The summed E-state index contributed by atoms with van der Waals surface area (Å²) in [7, 11) is 0. The summed E-state index contributed by atoms with van der Waals surface area (Å²) in [5.74, 6) is 0. The van der Waals surface area contributed by atoms with E-state index >= 15 is 0 Å². The second kappa shape index (κ2) is 2.73. The molecule has 0 bridgehead atoms. The molecule has 1 aromatic heterocycles. The monoisotopic (exact) mass is 166 g/mol. The van der Waals surface area contributed by atoms with Gasteiger partial charge in [-0.25, -0.2) is 4.98 Å². The summed E-state index contributed by atoms with van der Waals surface area (Å²) >= 11 is 0. The van der Waals surface area contributed by atoms with Gasteiger partial charge >= 0.3 is 0 Å². The van der Waals surface area contributed by atoms with Gasteiger partial charge in [0.1, 0.15) is 5.69 Å². The summed E-state index contributed by atoms with van der Waals surface area (Å²) in [6.45, 7) is 7.84. The molecule has 0 atom stereocenters. The van der Waals surface area contributed by atoms with E-state index in [1.165, 1.54) is 6.20 Å². The van der Waals surface area contributed by atoms with Gasteiger partial charge in [-0.15, -0.1) is 0 Å². The van der Waals surface area contributed by atoms with Crippen LogP contribution in [0.4, 0.5) is 0 Å². The van der Waals surface area contributed by atoms with Crippen molar-refractivity contribution in [2.45, 2.75) is 33.1 Å². The molecule has 0 aromatic carbocycles. The summed E-state index contributed by atoms with van der Waals surface area (Å²) in [5.41, 5.74) is 1.39. The highest BCUT2D eigenvalue weighted by Crippen LogP contribution is 2.17. The van der Waals surface area contributed by atoms with Gasteiger partial charge in [-0.3, -0.25) is 0 Å². The van der Waals surface area contributed by atoms with Crippen molar-refractivity contribution in [1.29, 1.82) is 0 Å². The van der Waals surface area contributed by atoms with E-state index in [9.17, 15) is 5.21 Å². The highest BCUT2D eigenvalue weighted by molar-refractivity contribution is 5.06. The molecular formula is C9H14N2O. The van der Waals surface area contributed by atoms with Crippen molar-refractivity contribution in [3.8, 4) is 0 Å². The van der Waals surface area contributed by atoms with Crippen molar-refractivity contribution in [3.05, 3.63) is 29.0 Å². The molecule has 0 aliphatic heterocycles. The first-order chi connectivity index (χ1) is 5.41. The molecule has 0 N–H and O–H groups in total. The third-order valence-electron chi connectivity index (χ3n) is 1.75. The van der Waals surface area contributed by atoms with E-state index in [0.717, 1.165) is 10.4 Å². The predicted molar refractivity (Wildman–Crippen MR) is 46.6 cm³/mol. The van der Waals surface area contributed by atoms with Crippen molar-refractivity contribution in [3.63, 3.8) is 0 Å². The molecule has 3 nitrogen and oxygen atoms in total. The summed E-state index contributed by atoms with van der Waals surface area (Å²) in [6, 6.07) is 0. The van der Waals surface area contributed by atoms with Gasteiger partial charge in [0.25, 0.3) is 0 Å². The maximum absolute atomic E-state index is 11.2. The van der Waals surface area contributed by atoms with Crippen LogP contribution in [0.15, 0.2) is 12.4 Å². The average Bonchev–Trinajstić information content (AvgIpc) is 1.92. The van der Waals surface area contributed by atoms with E-state index in [4.69, 9.17) is 0 Å². The van der Waals surface area contributed by atoms with Gasteiger partial charge in [0.05, 0.1) is 6.20 Å². The maximum Gasteiger partial charge on any atom is 0.207 e. The van der Waals surface area contributed by atoms with E-state index in [1.54, 1.807) is 13.1 Å². The lowest BCUT2D eigenvalue weighted by Gasteiger charge is -2.16. The minimum Gasteiger partial charge on any atom is -0.618 e. The van der Waals surface area contributed by atoms with E-state index in [1.807, 2.05) is 20.8 Å². The van der Waals surface area contributed by atoms with Crippen molar-refractivity contribution < 1.29 is 4.73 Å². The molecule has 66 valence electrons. The third kappa shape index (κ3) is 1.72. The van der Waals surface area contributed by atoms with Crippen molar-refractivity contribution in [2.75, 3.05) is 0 Å². The zero-order valence-corrected chi connectivity index (χ0v) is 7.96. The molecule has 0 aliphatic carbocycles. The van der Waals surface area contributed by atoms with E-state index in [2.05, 4.69) is 4.98 Å². The molecule has 0 radical (unpaired) electrons. The molecule has 0 fully saturated rings. The Bertz CT molecular complexity index is 289. The Morgan fingerprint density at radius 3 is 2.42 bits per heavy atom. The number of aryl methyl sites for hydroxylation is 1. The lowest BCUT2D eigenvalue weighted by atomic mass is 9.93. The van der Waals surface area contributed by atoms with Crippen LogP contribution in [-0.2, 0) is 5.41 Å². The molecule has 0 saturated heterocycles. The van der Waals surface area contributed by atoms with Gasteiger partial charge in [0.15, 0.2) is 0 Å². The van der Waals surface area contributed by atoms with Gasteiger partial charge in [0.2, 0.25) is 11.9 Å². The molecule has 3 heteroatoms. The van der Waals surface area contributed by atoms with E-state index < -0.39 is 0 Å². The molecule has 1 heterocycles. The number of hydrogen-bond acceptors (Lipinski definition) is 2. The average molecular weight is 166 g/mol. The zero-order valence-electron chi connectivity index (χ0n) is 7.96. The molecule has 0 spiro atoms. The summed E-state index contributed by atoms with van der Waals surface area (Å²) in [6.07, 6.45) is 3.14. The standard InChI is InChI=1S/C9H14N2O/c1-7-5-10-8(6-11(7)12)9(2,3)4/h5-6H,1-4H3. The summed E-state index contributed by atoms with van der Waals surface area (Å²) < 4.78 is 0.855. The quantitative estimate of drug-likeness (QED) is 0.431. The Morgan fingerprint density at radius 2 is 2.00 bits per heavy atom. The molecule has 0 unspecified atom stereocenters. The normalized spacial score (nSPS) is 11.7. The number of rotatable bonds is 0. The fourth-order valence-corrected chi connectivity index (χ4v) is 0.853.